The lowest BCUT2D eigenvalue weighted by Gasteiger charge is -2.15. The van der Waals surface area contributed by atoms with Crippen LogP contribution in [0.4, 0.5) is 0 Å². The zero-order valence-electron chi connectivity index (χ0n) is 11.3. The summed E-state index contributed by atoms with van der Waals surface area (Å²) in [4.78, 5) is 14.9. The largest absolute Gasteiger partial charge is 0.361 e. The molecule has 0 unspecified atom stereocenters. The van der Waals surface area contributed by atoms with Crippen LogP contribution in [0.25, 0.3) is 11.0 Å². The predicted octanol–water partition coefficient (Wildman–Crippen LogP) is 1.59. The van der Waals surface area contributed by atoms with Gasteiger partial charge in [0.1, 0.15) is 0 Å². The average Bonchev–Trinajstić information content (AvgIpc) is 2.75. The van der Waals surface area contributed by atoms with Crippen LogP contribution in [0.3, 0.4) is 0 Å². The molecular formula is C13H15N5OS. The molecule has 0 atom stereocenters. The van der Waals surface area contributed by atoms with Crippen LogP contribution in [0.1, 0.15) is 13.8 Å². The first kappa shape index (κ1) is 13.0. The average molecular weight is 289 g/mol. The van der Waals surface area contributed by atoms with Gasteiger partial charge in [-0.25, -0.2) is 9.36 Å². The number of rotatable bonds is 1. The summed E-state index contributed by atoms with van der Waals surface area (Å²) in [6, 6.07) is 7.87. The van der Waals surface area contributed by atoms with Crippen LogP contribution in [0.15, 0.2) is 39.3 Å². The molecule has 1 aliphatic rings. The fourth-order valence-corrected chi connectivity index (χ4v) is 2.90. The van der Waals surface area contributed by atoms with Crippen molar-refractivity contribution >= 4 is 33.8 Å². The Morgan fingerprint density at radius 2 is 2.15 bits per heavy atom. The van der Waals surface area contributed by atoms with Gasteiger partial charge in [-0.2, -0.15) is 0 Å². The van der Waals surface area contributed by atoms with Crippen LogP contribution in [0.5, 0.6) is 0 Å². The van der Waals surface area contributed by atoms with Gasteiger partial charge in [0.2, 0.25) is 0 Å². The zero-order chi connectivity index (χ0) is 14.1. The Bertz CT molecular complexity index is 755. The van der Waals surface area contributed by atoms with Crippen LogP contribution < -0.4 is 11.0 Å². The predicted molar refractivity (Wildman–Crippen MR) is 83.6 cm³/mol. The van der Waals surface area contributed by atoms with Gasteiger partial charge >= 0.3 is 5.69 Å². The van der Waals surface area contributed by atoms with Crippen molar-refractivity contribution in [1.82, 2.24) is 14.9 Å². The fourth-order valence-electron chi connectivity index (χ4n) is 2.03. The van der Waals surface area contributed by atoms with Crippen molar-refractivity contribution in [3.63, 3.8) is 0 Å². The maximum absolute atomic E-state index is 12.1. The summed E-state index contributed by atoms with van der Waals surface area (Å²) in [6.07, 6.45) is 0. The van der Waals surface area contributed by atoms with Gasteiger partial charge in [-0.05, 0) is 26.0 Å². The second-order valence-electron chi connectivity index (χ2n) is 4.79. The topological polar surface area (TPSA) is 74.5 Å². The fraction of sp³-hybridized carbons (Fsp3) is 0.308. The summed E-state index contributed by atoms with van der Waals surface area (Å²) in [5.41, 5.74) is 1.45. The van der Waals surface area contributed by atoms with Crippen molar-refractivity contribution < 1.29 is 0 Å². The number of thioether (sulfide) groups is 1. The Morgan fingerprint density at radius 1 is 1.35 bits per heavy atom. The Kier molecular flexibility index (Phi) is 3.35. The summed E-state index contributed by atoms with van der Waals surface area (Å²) in [5.74, 6) is 1.26. The summed E-state index contributed by atoms with van der Waals surface area (Å²) in [5, 5.41) is 12.3. The van der Waals surface area contributed by atoms with Gasteiger partial charge in [-0.3, -0.25) is 0 Å². The normalized spacial score (nSPS) is 15.3. The highest BCUT2D eigenvalue weighted by atomic mass is 32.2. The minimum atomic E-state index is -0.180. The molecule has 0 fully saturated rings. The highest BCUT2D eigenvalue weighted by Crippen LogP contribution is 2.14. The summed E-state index contributed by atoms with van der Waals surface area (Å²) in [7, 11) is 0. The summed E-state index contributed by atoms with van der Waals surface area (Å²) in [6.45, 7) is 4.10. The third kappa shape index (κ3) is 2.36. The number of benzene rings is 1. The SMILES string of the molecule is CC(C)NC1=NN=C(n2c(=O)[nH]c3ccccc32)CS1. The van der Waals surface area contributed by atoms with Gasteiger partial charge in [-0.15, -0.1) is 10.2 Å². The van der Waals surface area contributed by atoms with E-state index in [1.165, 1.54) is 0 Å². The Balaban J connectivity index is 2.01. The molecule has 6 nitrogen and oxygen atoms in total. The maximum Gasteiger partial charge on any atom is 0.332 e. The molecule has 1 aliphatic heterocycles. The third-order valence-corrected chi connectivity index (χ3v) is 3.73. The first-order chi connectivity index (χ1) is 9.65. The monoisotopic (exact) mass is 289 g/mol. The number of nitrogens with one attached hydrogen (secondary N) is 2. The van der Waals surface area contributed by atoms with Gasteiger partial charge in [-0.1, -0.05) is 23.9 Å². The number of aromatic nitrogens is 2. The van der Waals surface area contributed by atoms with Crippen LogP contribution >= 0.6 is 11.8 Å². The molecule has 2 N–H and O–H groups in total. The molecule has 0 saturated heterocycles. The van der Waals surface area contributed by atoms with Crippen LogP contribution in [0.2, 0.25) is 0 Å². The van der Waals surface area contributed by atoms with Crippen molar-refractivity contribution in [2.45, 2.75) is 19.9 Å². The number of imidazole rings is 1. The van der Waals surface area contributed by atoms with E-state index in [0.717, 1.165) is 16.2 Å². The molecule has 0 radical (unpaired) electrons. The molecule has 0 amide bonds. The number of fused-ring (bicyclic) bond motifs is 1. The molecule has 104 valence electrons. The van der Waals surface area contributed by atoms with E-state index in [9.17, 15) is 4.79 Å². The maximum atomic E-state index is 12.1. The van der Waals surface area contributed by atoms with E-state index < -0.39 is 0 Å². The van der Waals surface area contributed by atoms with Gasteiger partial charge in [0, 0.05) is 6.04 Å². The van der Waals surface area contributed by atoms with E-state index in [2.05, 4.69) is 20.5 Å². The van der Waals surface area contributed by atoms with Gasteiger partial charge in [0.25, 0.3) is 0 Å². The second kappa shape index (κ2) is 5.16. The minimum absolute atomic E-state index is 0.180. The van der Waals surface area contributed by atoms with Crippen LogP contribution in [-0.4, -0.2) is 32.3 Å². The van der Waals surface area contributed by atoms with Crippen molar-refractivity contribution in [2.24, 2.45) is 10.2 Å². The van der Waals surface area contributed by atoms with Crippen LogP contribution in [0, 0.1) is 0 Å². The molecule has 1 aromatic heterocycles. The Labute approximate surface area is 120 Å². The molecule has 1 aromatic carbocycles. The van der Waals surface area contributed by atoms with Gasteiger partial charge in [0.15, 0.2) is 11.0 Å². The quantitative estimate of drug-likeness (QED) is 0.837. The Hall–Kier alpha value is -2.02. The standard InChI is InChI=1S/C13H15N5OS/c1-8(2)14-12-17-16-11(7-20-12)18-10-6-4-3-5-9(10)15-13(18)19/h3-6,8H,7H2,1-2H3,(H,14,17)(H,15,19). The molecule has 0 aliphatic carbocycles. The Morgan fingerprint density at radius 3 is 2.85 bits per heavy atom. The number of para-hydroxylation sites is 2. The zero-order valence-corrected chi connectivity index (χ0v) is 12.1. The van der Waals surface area contributed by atoms with E-state index in [0.29, 0.717) is 17.6 Å². The highest BCUT2D eigenvalue weighted by Gasteiger charge is 2.17. The first-order valence-corrected chi connectivity index (χ1v) is 7.37. The first-order valence-electron chi connectivity index (χ1n) is 6.39. The second-order valence-corrected chi connectivity index (χ2v) is 5.76. The van der Waals surface area contributed by atoms with E-state index in [-0.39, 0.29) is 5.69 Å². The smallest absolute Gasteiger partial charge is 0.332 e. The minimum Gasteiger partial charge on any atom is -0.361 e. The van der Waals surface area contributed by atoms with Crippen molar-refractivity contribution in [3.05, 3.63) is 34.7 Å². The molecule has 20 heavy (non-hydrogen) atoms. The van der Waals surface area contributed by atoms with E-state index >= 15 is 0 Å². The molecule has 3 rings (SSSR count). The lowest BCUT2D eigenvalue weighted by Crippen LogP contribution is -2.33. The molecule has 0 saturated carbocycles. The number of amidine groups is 1. The van der Waals surface area contributed by atoms with Crippen LogP contribution in [-0.2, 0) is 0 Å². The highest BCUT2D eigenvalue weighted by molar-refractivity contribution is 8.14. The number of hydrogen-bond donors (Lipinski definition) is 2. The lowest BCUT2D eigenvalue weighted by atomic mass is 10.3. The number of aromatic amines is 1. The van der Waals surface area contributed by atoms with E-state index in [1.807, 2.05) is 38.1 Å². The summed E-state index contributed by atoms with van der Waals surface area (Å²) < 4.78 is 1.58. The van der Waals surface area contributed by atoms with Gasteiger partial charge < -0.3 is 10.3 Å². The molecular weight excluding hydrogens is 274 g/mol. The molecule has 2 heterocycles. The number of hydrogen-bond acceptors (Lipinski definition) is 5. The van der Waals surface area contributed by atoms with Crippen molar-refractivity contribution in [1.29, 1.82) is 0 Å². The molecule has 7 heteroatoms. The van der Waals surface area contributed by atoms with Gasteiger partial charge in [0.05, 0.1) is 16.8 Å². The number of H-pyrrole nitrogens is 1. The van der Waals surface area contributed by atoms with Crippen molar-refractivity contribution in [2.75, 3.05) is 5.75 Å². The van der Waals surface area contributed by atoms with E-state index in [4.69, 9.17) is 0 Å². The van der Waals surface area contributed by atoms with E-state index in [1.54, 1.807) is 16.3 Å². The molecule has 0 spiro atoms. The lowest BCUT2D eigenvalue weighted by molar-refractivity contribution is 0.737. The number of nitrogens with zero attached hydrogens (tertiary/aromatic N) is 3. The molecule has 0 bridgehead atoms. The third-order valence-electron chi connectivity index (χ3n) is 2.85. The summed E-state index contributed by atoms with van der Waals surface area (Å²) >= 11 is 1.55. The van der Waals surface area contributed by atoms with Crippen molar-refractivity contribution in [3.8, 4) is 0 Å². The molecule has 2 aromatic rings.